The predicted molar refractivity (Wildman–Crippen MR) is 169 cm³/mol. The number of carbonyl (C=O) groups excluding carboxylic acids is 5. The maximum Gasteiger partial charge on any atom is 0.243 e. The molecule has 1 heterocycles. The van der Waals surface area contributed by atoms with Crippen molar-refractivity contribution < 1.29 is 29.1 Å². The number of phenolic OH excluding ortho intramolecular Hbond substituents is 1. The van der Waals surface area contributed by atoms with Gasteiger partial charge in [-0.2, -0.15) is 0 Å². The number of nitrogens with one attached hydrogen (secondary N) is 4. The van der Waals surface area contributed by atoms with E-state index in [0.29, 0.717) is 12.0 Å². The first-order chi connectivity index (χ1) is 19.9. The molecule has 1 aromatic carbocycles. The zero-order valence-corrected chi connectivity index (χ0v) is 26.8. The van der Waals surface area contributed by atoms with Crippen LogP contribution in [0.3, 0.4) is 0 Å². The van der Waals surface area contributed by atoms with Gasteiger partial charge in [0.15, 0.2) is 11.7 Å². The molecule has 0 spiro atoms. The van der Waals surface area contributed by atoms with E-state index in [0.717, 1.165) is 0 Å². The van der Waals surface area contributed by atoms with Crippen molar-refractivity contribution >= 4 is 58.0 Å². The first-order valence-corrected chi connectivity index (χ1v) is 16.0. The third-order valence-electron chi connectivity index (χ3n) is 6.62. The highest BCUT2D eigenvalue weighted by atomic mass is 131. The van der Waals surface area contributed by atoms with Gasteiger partial charge in [-0.3, -0.25) is 29.0 Å². The minimum Gasteiger partial charge on any atom is -0.508 e. The molecule has 2 rings (SSSR count). The van der Waals surface area contributed by atoms with E-state index in [2.05, 4.69) is 48.9 Å². The number of benzene rings is 1. The number of nitrogens with two attached hydrogens (primary N) is 2. The average molecular weight is 706 g/mol. The highest BCUT2D eigenvalue weighted by Crippen LogP contribution is 2.19. The molecule has 234 valence electrons. The number of guanidine groups is 1. The van der Waals surface area contributed by atoms with Gasteiger partial charge in [-0.25, -0.2) is 0 Å². The lowest BCUT2D eigenvalue weighted by molar-refractivity contribution is -0.135. The molecule has 1 aromatic rings. The number of ketones is 1. The smallest absolute Gasteiger partial charge is 0.243 e. The Morgan fingerprint density at radius 2 is 1.62 bits per heavy atom. The van der Waals surface area contributed by atoms with E-state index in [1.165, 1.54) is 12.1 Å². The van der Waals surface area contributed by atoms with Gasteiger partial charge in [-0.1, -0.05) is 55.5 Å². The summed E-state index contributed by atoms with van der Waals surface area (Å²) in [5.74, 6) is -3.84. The average Bonchev–Trinajstić information content (AvgIpc) is 2.95. The van der Waals surface area contributed by atoms with Gasteiger partial charge in [-0.15, -0.1) is 0 Å². The summed E-state index contributed by atoms with van der Waals surface area (Å²) < 4.78 is 0. The maximum atomic E-state index is 13.5. The lowest BCUT2D eigenvalue weighted by Crippen LogP contribution is -2.56. The third kappa shape index (κ3) is 12.6. The lowest BCUT2D eigenvalue weighted by Gasteiger charge is -2.27. The largest absolute Gasteiger partial charge is 0.508 e. The Bertz CT molecular complexity index is 1090. The molecule has 0 aliphatic carbocycles. The Balaban J connectivity index is 0.00000431. The van der Waals surface area contributed by atoms with Crippen molar-refractivity contribution in [3.05, 3.63) is 29.8 Å². The molecule has 42 heavy (non-hydrogen) atoms. The maximum absolute atomic E-state index is 13.5. The summed E-state index contributed by atoms with van der Waals surface area (Å²) in [6, 6.07) is 3.40. The number of amides is 4. The highest BCUT2D eigenvalue weighted by molar-refractivity contribution is 14.1. The van der Waals surface area contributed by atoms with Crippen molar-refractivity contribution in [1.29, 1.82) is 0 Å². The summed E-state index contributed by atoms with van der Waals surface area (Å²) in [6.45, 7) is 5.07. The molecule has 1 saturated heterocycles. The molecule has 1 aliphatic rings. The van der Waals surface area contributed by atoms with Crippen LogP contribution in [0.2, 0.25) is 0 Å². The van der Waals surface area contributed by atoms with Crippen molar-refractivity contribution in [3.8, 4) is 5.75 Å². The van der Waals surface area contributed by atoms with Gasteiger partial charge < -0.3 is 37.8 Å². The van der Waals surface area contributed by atoms with Gasteiger partial charge in [0.25, 0.3) is 0 Å². The fourth-order valence-electron chi connectivity index (χ4n) is 4.35. The van der Waals surface area contributed by atoms with Crippen molar-refractivity contribution in [1.82, 2.24) is 21.3 Å². The van der Waals surface area contributed by atoms with E-state index >= 15 is 0 Å². The van der Waals surface area contributed by atoms with Gasteiger partial charge in [0.2, 0.25) is 23.6 Å². The quantitative estimate of drug-likeness (QED) is 0.0653. The number of Topliss-reactive ketones (excluding diaryl/α,β-unsaturated/α-hetero) is 1. The zero-order chi connectivity index (χ0) is 31.8. The highest BCUT2D eigenvalue weighted by Gasteiger charge is 2.33. The molecule has 0 unspecified atom stereocenters. The molecule has 0 saturated carbocycles. The Kier molecular flexibility index (Phi) is 16.5. The van der Waals surface area contributed by atoms with Gasteiger partial charge in [0.05, 0.1) is 12.6 Å². The molecule has 13 nitrogen and oxygen atoms in total. The Morgan fingerprint density at radius 3 is 2.19 bits per heavy atom. The van der Waals surface area contributed by atoms with Gasteiger partial charge in [-0.05, 0) is 54.2 Å². The summed E-state index contributed by atoms with van der Waals surface area (Å²) in [7, 11) is 0. The van der Waals surface area contributed by atoms with E-state index in [1.807, 2.05) is 4.93 Å². The number of halogens is 1. The van der Waals surface area contributed by atoms with E-state index in [4.69, 9.17) is 11.5 Å². The minimum absolute atomic E-state index is 0.0626. The monoisotopic (exact) mass is 705 g/mol. The van der Waals surface area contributed by atoms with Crippen LogP contribution >= 0.6 is 22.6 Å². The van der Waals surface area contributed by atoms with Crippen LogP contribution in [0.5, 0.6) is 5.75 Å². The van der Waals surface area contributed by atoms with Crippen LogP contribution < -0.4 is 32.7 Å². The molecule has 14 heteroatoms. The van der Waals surface area contributed by atoms with Crippen molar-refractivity contribution in [2.24, 2.45) is 28.3 Å². The van der Waals surface area contributed by atoms with Gasteiger partial charge >= 0.3 is 0 Å². The van der Waals surface area contributed by atoms with E-state index in [9.17, 15) is 29.1 Å². The second kappa shape index (κ2) is 18.9. The van der Waals surface area contributed by atoms with Crippen LogP contribution in [0, 0.1) is 11.8 Å². The Hall–Kier alpha value is -3.43. The molecule has 4 atom stereocenters. The van der Waals surface area contributed by atoms with Crippen LogP contribution in [0.15, 0.2) is 29.3 Å². The number of aliphatic imine (C=N–C) groups is 1. The molecule has 0 aromatic heterocycles. The zero-order valence-electron chi connectivity index (χ0n) is 24.6. The van der Waals surface area contributed by atoms with E-state index in [1.54, 1.807) is 32.9 Å². The fourth-order valence-corrected chi connectivity index (χ4v) is 4.35. The van der Waals surface area contributed by atoms with Gasteiger partial charge in [0.1, 0.15) is 17.8 Å². The second-order valence-electron chi connectivity index (χ2n) is 10.2. The number of nitrogens with zero attached hydrogens (tertiary/aromatic N) is 1. The summed E-state index contributed by atoms with van der Waals surface area (Å²) >= 11 is 2.15. The molecule has 9 N–H and O–H groups in total. The van der Waals surface area contributed by atoms with Gasteiger partial charge in [0, 0.05) is 18.9 Å². The second-order valence-corrected chi connectivity index (χ2v) is 10.2. The van der Waals surface area contributed by atoms with E-state index in [-0.39, 0.29) is 55.6 Å². The predicted octanol–water partition coefficient (Wildman–Crippen LogP) is 0.265. The standard InChI is InChI=1S/C27H41N7O6.CH3I/c1-4-19-21(36)13-17(12-16-7-9-18(35)10-8-16)24(38)34-23(15(2)3)26(40)33-20(6-5-11-30-27(28)29)25(39)31-14-22(37)32-19;1-2/h7-10,15,17,19-20,23,35H,4-6,11-14H2,1-3H3,(H,31,39)(H,32,37)(H,33,40)(H,34,38)(H4,28,29,30);1H3/t17-,19+,20+,23-;/m1./s1/i;2+4. The fraction of sp³-hybridized carbons (Fsp3) is 0.571. The number of alkyl halides is 1. The summed E-state index contributed by atoms with van der Waals surface area (Å²) in [6.07, 6.45) is 0.810. The molecule has 4 amide bonds. The van der Waals surface area contributed by atoms with Crippen LogP contribution in [-0.2, 0) is 30.4 Å². The third-order valence-corrected chi connectivity index (χ3v) is 6.62. The number of aromatic hydroxyl groups is 1. The van der Waals surface area contributed by atoms with Crippen LogP contribution in [0.4, 0.5) is 0 Å². The van der Waals surface area contributed by atoms with Crippen molar-refractivity contribution in [2.75, 3.05) is 18.0 Å². The number of rotatable bonds is 8. The van der Waals surface area contributed by atoms with E-state index < -0.39 is 54.2 Å². The first kappa shape index (κ1) is 36.6. The van der Waals surface area contributed by atoms with Crippen LogP contribution in [0.1, 0.15) is 52.0 Å². The lowest BCUT2D eigenvalue weighted by atomic mass is 9.90. The van der Waals surface area contributed by atoms with Crippen LogP contribution in [0.25, 0.3) is 0 Å². The molecule has 0 bridgehead atoms. The number of hydrogen-bond acceptors (Lipinski definition) is 7. The summed E-state index contributed by atoms with van der Waals surface area (Å²) in [5, 5.41) is 20.2. The summed E-state index contributed by atoms with van der Waals surface area (Å²) in [5.41, 5.74) is 11.4. The minimum atomic E-state index is -1.02. The normalized spacial score (nSPS) is 22.3. The Morgan fingerprint density at radius 1 is 0.976 bits per heavy atom. The number of phenols is 1. The molecular weight excluding hydrogens is 661 g/mol. The number of hydrogen-bond donors (Lipinski definition) is 7. The van der Waals surface area contributed by atoms with Crippen molar-refractivity contribution in [2.45, 2.75) is 71.0 Å². The topological polar surface area (TPSA) is 218 Å². The molecule has 0 radical (unpaired) electrons. The Labute approximate surface area is 260 Å². The summed E-state index contributed by atoms with van der Waals surface area (Å²) in [4.78, 5) is 71.4. The van der Waals surface area contributed by atoms with Crippen LogP contribution in [-0.4, -0.2) is 76.6 Å². The SMILES string of the molecule is CC[C@@H]1NC(=O)CNC(=O)[C@H](CCCN=C(N)N)NC(=O)[C@@H](C(C)C)NC(=O)[C@H](Cc2ccc(O)cc2)CC1=O.C[131I]. The molecular formula is C28H44IN7O6. The first-order valence-electron chi connectivity index (χ1n) is 13.8. The van der Waals surface area contributed by atoms with Crippen molar-refractivity contribution in [3.63, 3.8) is 0 Å². The molecule has 1 fully saturated rings. The number of carbonyl (C=O) groups is 5. The molecule has 1 aliphatic heterocycles.